The molecule has 1 N–H and O–H groups in total. The maximum atomic E-state index is 12.1. The molecule has 0 saturated carbocycles. The van der Waals surface area contributed by atoms with Crippen LogP contribution in [0.5, 0.6) is 0 Å². The van der Waals surface area contributed by atoms with Gasteiger partial charge in [0.25, 0.3) is 5.91 Å². The second-order valence-corrected chi connectivity index (χ2v) is 4.25. The molecule has 0 radical (unpaired) electrons. The van der Waals surface area contributed by atoms with Crippen LogP contribution in [-0.4, -0.2) is 45.9 Å². The van der Waals surface area contributed by atoms with Crippen LogP contribution in [0.1, 0.15) is 16.1 Å². The van der Waals surface area contributed by atoms with Crippen molar-refractivity contribution in [3.63, 3.8) is 0 Å². The van der Waals surface area contributed by atoms with Crippen LogP contribution < -0.4 is 5.43 Å². The molecule has 8 heteroatoms. The van der Waals surface area contributed by atoms with Crippen molar-refractivity contribution >= 4 is 12.0 Å². The van der Waals surface area contributed by atoms with Crippen LogP contribution in [0.2, 0.25) is 0 Å². The predicted molar refractivity (Wildman–Crippen MR) is 73.7 cm³/mol. The number of hydrazine groups is 1. The summed E-state index contributed by atoms with van der Waals surface area (Å²) in [4.78, 5) is 27.4. The van der Waals surface area contributed by atoms with Crippen LogP contribution in [0.4, 0.5) is 4.79 Å². The Labute approximate surface area is 121 Å². The van der Waals surface area contributed by atoms with Crippen LogP contribution in [0.3, 0.4) is 0 Å². The van der Waals surface area contributed by atoms with Gasteiger partial charge in [0, 0.05) is 19.4 Å². The maximum absolute atomic E-state index is 12.1. The molecule has 0 aliphatic carbocycles. The number of aromatic nitrogens is 3. The fraction of sp³-hybridized carbons (Fsp3) is 0.231. The number of rotatable bonds is 2. The smallest absolute Gasteiger partial charge is 0.428 e. The Bertz CT molecular complexity index is 653. The molecule has 8 nitrogen and oxygen atoms in total. The van der Waals surface area contributed by atoms with Gasteiger partial charge in [0.05, 0.1) is 30.3 Å². The molecule has 0 spiro atoms. The van der Waals surface area contributed by atoms with Crippen LogP contribution in [0.25, 0.3) is 5.69 Å². The molecule has 2 heterocycles. The lowest BCUT2D eigenvalue weighted by molar-refractivity contribution is 0.0766. The average molecular weight is 289 g/mol. The molecule has 0 atom stereocenters. The van der Waals surface area contributed by atoms with Crippen molar-refractivity contribution in [2.75, 3.05) is 14.2 Å². The van der Waals surface area contributed by atoms with Gasteiger partial charge in [-0.25, -0.2) is 14.5 Å². The molecule has 0 saturated heterocycles. The van der Waals surface area contributed by atoms with Crippen LogP contribution in [0.15, 0.2) is 30.7 Å². The van der Waals surface area contributed by atoms with E-state index in [1.54, 1.807) is 36.3 Å². The van der Waals surface area contributed by atoms with Gasteiger partial charge in [-0.1, -0.05) is 0 Å². The third-order valence-corrected chi connectivity index (χ3v) is 2.77. The second kappa shape index (κ2) is 6.04. The first-order valence-electron chi connectivity index (χ1n) is 6.12. The Hall–Kier alpha value is -2.90. The first-order chi connectivity index (χ1) is 10.0. The number of pyridine rings is 1. The van der Waals surface area contributed by atoms with E-state index in [1.165, 1.54) is 14.2 Å². The van der Waals surface area contributed by atoms with E-state index in [4.69, 9.17) is 0 Å². The highest BCUT2D eigenvalue weighted by Crippen LogP contribution is 2.11. The van der Waals surface area contributed by atoms with Crippen LogP contribution >= 0.6 is 0 Å². The molecular weight excluding hydrogens is 274 g/mol. The SMILES string of the molecule is COC(=O)N(C)NC(=O)c1cn(-c2cccnc2)nc1C. The Kier molecular flexibility index (Phi) is 4.17. The predicted octanol–water partition coefficient (Wildman–Crippen LogP) is 0.919. The average Bonchev–Trinajstić information content (AvgIpc) is 2.89. The number of carbonyl (C=O) groups excluding carboxylic acids is 2. The van der Waals surface area contributed by atoms with E-state index in [0.29, 0.717) is 11.3 Å². The molecule has 0 fully saturated rings. The number of methoxy groups -OCH3 is 1. The third kappa shape index (κ3) is 3.16. The lowest BCUT2D eigenvalue weighted by Gasteiger charge is -2.15. The monoisotopic (exact) mass is 289 g/mol. The first-order valence-corrected chi connectivity index (χ1v) is 6.12. The molecule has 2 amide bonds. The number of amides is 2. The van der Waals surface area contributed by atoms with Crippen molar-refractivity contribution in [3.8, 4) is 5.69 Å². The zero-order valence-electron chi connectivity index (χ0n) is 11.9. The third-order valence-electron chi connectivity index (χ3n) is 2.77. The Morgan fingerprint density at radius 3 is 2.81 bits per heavy atom. The van der Waals surface area contributed by atoms with E-state index >= 15 is 0 Å². The molecule has 110 valence electrons. The van der Waals surface area contributed by atoms with Crippen LogP contribution in [-0.2, 0) is 4.74 Å². The van der Waals surface area contributed by atoms with E-state index in [1.807, 2.05) is 6.07 Å². The molecule has 0 unspecified atom stereocenters. The van der Waals surface area contributed by atoms with E-state index in [2.05, 4.69) is 20.2 Å². The summed E-state index contributed by atoms with van der Waals surface area (Å²) in [6.07, 6.45) is 4.20. The van der Waals surface area contributed by atoms with Crippen molar-refractivity contribution in [1.29, 1.82) is 0 Å². The van der Waals surface area contributed by atoms with Gasteiger partial charge in [0.15, 0.2) is 0 Å². The van der Waals surface area contributed by atoms with Crippen molar-refractivity contribution in [2.24, 2.45) is 0 Å². The number of carbonyl (C=O) groups is 2. The number of hydrogen-bond donors (Lipinski definition) is 1. The number of nitrogens with one attached hydrogen (secondary N) is 1. The summed E-state index contributed by atoms with van der Waals surface area (Å²) in [6, 6.07) is 3.60. The second-order valence-electron chi connectivity index (χ2n) is 4.25. The van der Waals surface area contributed by atoms with Gasteiger partial charge in [-0.3, -0.25) is 15.2 Å². The van der Waals surface area contributed by atoms with Gasteiger partial charge in [0.2, 0.25) is 0 Å². The minimum absolute atomic E-state index is 0.356. The Balaban J connectivity index is 2.19. The molecule has 0 aromatic carbocycles. The highest BCUT2D eigenvalue weighted by molar-refractivity contribution is 5.95. The van der Waals surface area contributed by atoms with E-state index < -0.39 is 12.0 Å². The van der Waals surface area contributed by atoms with Crippen molar-refractivity contribution in [2.45, 2.75) is 6.92 Å². The van der Waals surface area contributed by atoms with E-state index in [-0.39, 0.29) is 0 Å². The minimum atomic E-state index is -0.666. The topological polar surface area (TPSA) is 89.4 Å². The number of ether oxygens (including phenoxy) is 1. The highest BCUT2D eigenvalue weighted by Gasteiger charge is 2.18. The quantitative estimate of drug-likeness (QED) is 0.830. The molecule has 0 aliphatic rings. The zero-order chi connectivity index (χ0) is 15.4. The molecular formula is C13H15N5O3. The van der Waals surface area contributed by atoms with Crippen molar-refractivity contribution < 1.29 is 14.3 Å². The summed E-state index contributed by atoms with van der Waals surface area (Å²) >= 11 is 0. The summed E-state index contributed by atoms with van der Waals surface area (Å²) in [7, 11) is 2.63. The molecule has 2 aromatic heterocycles. The highest BCUT2D eigenvalue weighted by atomic mass is 16.5. The number of aryl methyl sites for hydroxylation is 1. The molecule has 21 heavy (non-hydrogen) atoms. The maximum Gasteiger partial charge on any atom is 0.428 e. The van der Waals surface area contributed by atoms with Crippen LogP contribution in [0, 0.1) is 6.92 Å². The Morgan fingerprint density at radius 1 is 1.43 bits per heavy atom. The number of hydrogen-bond acceptors (Lipinski definition) is 5. The standard InChI is InChI=1S/C13H15N5O3/c1-9-11(12(19)16-17(2)13(20)21-3)8-18(15-9)10-5-4-6-14-7-10/h4-8H,1-3H3,(H,16,19). The summed E-state index contributed by atoms with van der Waals surface area (Å²) < 4.78 is 6.05. The van der Waals surface area contributed by atoms with Gasteiger partial charge in [-0.2, -0.15) is 5.10 Å². The van der Waals surface area contributed by atoms with Gasteiger partial charge >= 0.3 is 6.09 Å². The molecule has 2 rings (SSSR count). The molecule has 2 aromatic rings. The van der Waals surface area contributed by atoms with E-state index in [0.717, 1.165) is 10.7 Å². The van der Waals surface area contributed by atoms with Crippen molar-refractivity contribution in [3.05, 3.63) is 42.0 Å². The molecule has 0 bridgehead atoms. The molecule has 0 aliphatic heterocycles. The number of nitrogens with zero attached hydrogens (tertiary/aromatic N) is 4. The fourth-order valence-electron chi connectivity index (χ4n) is 1.70. The van der Waals surface area contributed by atoms with Crippen molar-refractivity contribution in [1.82, 2.24) is 25.2 Å². The minimum Gasteiger partial charge on any atom is -0.452 e. The van der Waals surface area contributed by atoms with E-state index in [9.17, 15) is 9.59 Å². The zero-order valence-corrected chi connectivity index (χ0v) is 11.9. The Morgan fingerprint density at radius 2 is 2.19 bits per heavy atom. The summed E-state index contributed by atoms with van der Waals surface area (Å²) in [5, 5.41) is 5.22. The van der Waals surface area contributed by atoms with Gasteiger partial charge in [-0.05, 0) is 19.1 Å². The fourth-order valence-corrected chi connectivity index (χ4v) is 1.70. The van der Waals surface area contributed by atoms with Gasteiger partial charge in [0.1, 0.15) is 0 Å². The van der Waals surface area contributed by atoms with Gasteiger partial charge in [-0.15, -0.1) is 0 Å². The first kappa shape index (κ1) is 14.5. The summed E-state index contributed by atoms with van der Waals surface area (Å²) in [5.74, 6) is -0.449. The normalized spacial score (nSPS) is 10.0. The lowest BCUT2D eigenvalue weighted by atomic mass is 10.2. The summed E-state index contributed by atoms with van der Waals surface area (Å²) in [5.41, 5.74) is 4.03. The largest absolute Gasteiger partial charge is 0.452 e. The lowest BCUT2D eigenvalue weighted by Crippen LogP contribution is -2.43. The van der Waals surface area contributed by atoms with Gasteiger partial charge < -0.3 is 4.74 Å². The summed E-state index contributed by atoms with van der Waals surface area (Å²) in [6.45, 7) is 1.71.